The number of nitrogens with one attached hydrogen (secondary N) is 3. The molecule has 1 unspecified atom stereocenters. The van der Waals surface area contributed by atoms with Gasteiger partial charge in [0.1, 0.15) is 24.0 Å². The molecule has 0 bridgehead atoms. The number of amides is 1. The third kappa shape index (κ3) is 8.48. The van der Waals surface area contributed by atoms with Gasteiger partial charge in [-0.2, -0.15) is 9.97 Å². The van der Waals surface area contributed by atoms with Gasteiger partial charge in [0.2, 0.25) is 11.9 Å². The summed E-state index contributed by atoms with van der Waals surface area (Å²) in [7, 11) is 1.35. The minimum atomic E-state index is -0.520. The third-order valence-electron chi connectivity index (χ3n) is 7.71. The lowest BCUT2D eigenvalue weighted by Gasteiger charge is -2.27. The zero-order valence-electron chi connectivity index (χ0n) is 24.4. The minimum Gasteiger partial charge on any atom is -0.465 e. The summed E-state index contributed by atoms with van der Waals surface area (Å²) in [5, 5.41) is 10.8. The fourth-order valence-corrected chi connectivity index (χ4v) is 5.78. The number of esters is 1. The molecule has 2 aromatic carbocycles. The van der Waals surface area contributed by atoms with E-state index in [2.05, 4.69) is 25.9 Å². The molecule has 1 atom stereocenters. The number of benzene rings is 2. The average Bonchev–Trinajstić information content (AvgIpc) is 3.59. The SMILES string of the molecule is COC(=O)c1ccc(CNc2nc(NC(CC3CCCCC3)C(=O)NCc3ccc(Cl)cc3Cl)cc(-n3ccnc3)n2)cc1. The predicted molar refractivity (Wildman–Crippen MR) is 171 cm³/mol. The van der Waals surface area contributed by atoms with Crippen LogP contribution in [0.25, 0.3) is 5.82 Å². The van der Waals surface area contributed by atoms with Crippen LogP contribution in [0.1, 0.15) is 60.0 Å². The van der Waals surface area contributed by atoms with E-state index in [1.165, 1.54) is 26.4 Å². The van der Waals surface area contributed by atoms with Crippen molar-refractivity contribution in [2.75, 3.05) is 17.7 Å². The maximum absolute atomic E-state index is 13.6. The first-order valence-corrected chi connectivity index (χ1v) is 15.4. The van der Waals surface area contributed by atoms with E-state index in [-0.39, 0.29) is 18.4 Å². The van der Waals surface area contributed by atoms with Crippen LogP contribution in [0.5, 0.6) is 0 Å². The topological polar surface area (TPSA) is 123 Å². The van der Waals surface area contributed by atoms with Crippen LogP contribution in [0.2, 0.25) is 10.0 Å². The fraction of sp³-hybridized carbons (Fsp3) is 0.344. The average molecular weight is 637 g/mol. The Kier molecular flexibility index (Phi) is 10.7. The number of hydrogen-bond donors (Lipinski definition) is 3. The molecule has 1 amide bonds. The number of nitrogens with zero attached hydrogens (tertiary/aromatic N) is 4. The Morgan fingerprint density at radius 1 is 1.02 bits per heavy atom. The lowest BCUT2D eigenvalue weighted by atomic mass is 9.84. The normalized spacial score (nSPS) is 14.1. The van der Waals surface area contributed by atoms with Gasteiger partial charge in [-0.1, -0.05) is 73.5 Å². The molecule has 230 valence electrons. The molecule has 1 aliphatic carbocycles. The molecule has 10 nitrogen and oxygen atoms in total. The van der Waals surface area contributed by atoms with E-state index in [4.69, 9.17) is 32.9 Å². The standard InChI is InChI=1S/C32H35Cl2N7O3/c1-44-31(43)23-9-7-22(8-10-23)18-37-32-39-28(17-29(40-32)41-14-13-35-20-41)38-27(15-21-5-3-2-4-6-21)30(42)36-19-24-11-12-25(33)16-26(24)34/h7-14,16-17,20-21,27H,2-6,15,18-19H2,1H3,(H,36,42)(H2,37,38,39,40). The van der Waals surface area contributed by atoms with Crippen LogP contribution in [-0.2, 0) is 22.6 Å². The number of anilines is 2. The molecule has 0 radical (unpaired) electrons. The van der Waals surface area contributed by atoms with Crippen LogP contribution in [0.4, 0.5) is 11.8 Å². The van der Waals surface area contributed by atoms with Crippen molar-refractivity contribution < 1.29 is 14.3 Å². The first kappa shape index (κ1) is 31.3. The number of imidazole rings is 1. The second-order valence-corrected chi connectivity index (χ2v) is 11.7. The molecule has 0 aliphatic heterocycles. The minimum absolute atomic E-state index is 0.135. The highest BCUT2D eigenvalue weighted by molar-refractivity contribution is 6.35. The van der Waals surface area contributed by atoms with Gasteiger partial charge in [0.25, 0.3) is 0 Å². The number of hydrogen-bond acceptors (Lipinski definition) is 8. The third-order valence-corrected chi connectivity index (χ3v) is 8.29. The summed E-state index contributed by atoms with van der Waals surface area (Å²) in [5.74, 6) is 1.39. The Morgan fingerprint density at radius 3 is 2.52 bits per heavy atom. The summed E-state index contributed by atoms with van der Waals surface area (Å²) >= 11 is 12.4. The van der Waals surface area contributed by atoms with E-state index in [1.807, 2.05) is 18.2 Å². The van der Waals surface area contributed by atoms with Crippen LogP contribution < -0.4 is 16.0 Å². The number of carbonyl (C=O) groups is 2. The van der Waals surface area contributed by atoms with E-state index in [1.54, 1.807) is 53.6 Å². The maximum Gasteiger partial charge on any atom is 0.337 e. The molecule has 5 rings (SSSR count). The zero-order chi connectivity index (χ0) is 30.9. The van der Waals surface area contributed by atoms with Crippen LogP contribution in [-0.4, -0.2) is 44.5 Å². The second-order valence-electron chi connectivity index (χ2n) is 10.8. The van der Waals surface area contributed by atoms with Crippen molar-refractivity contribution in [2.45, 2.75) is 57.7 Å². The van der Waals surface area contributed by atoms with Crippen LogP contribution in [0, 0.1) is 5.92 Å². The largest absolute Gasteiger partial charge is 0.465 e. The van der Waals surface area contributed by atoms with E-state index in [0.717, 1.165) is 24.0 Å². The smallest absolute Gasteiger partial charge is 0.337 e. The van der Waals surface area contributed by atoms with E-state index in [0.29, 0.717) is 52.1 Å². The molecular formula is C32H35Cl2N7O3. The van der Waals surface area contributed by atoms with Crippen molar-refractivity contribution in [3.05, 3.63) is 94.0 Å². The van der Waals surface area contributed by atoms with Crippen molar-refractivity contribution in [1.29, 1.82) is 0 Å². The van der Waals surface area contributed by atoms with Gasteiger partial charge in [-0.05, 0) is 47.7 Å². The van der Waals surface area contributed by atoms with Gasteiger partial charge in [-0.15, -0.1) is 0 Å². The van der Waals surface area contributed by atoms with Gasteiger partial charge in [-0.25, -0.2) is 9.78 Å². The van der Waals surface area contributed by atoms with Crippen LogP contribution >= 0.6 is 23.2 Å². The number of rotatable bonds is 12. The van der Waals surface area contributed by atoms with Crippen LogP contribution in [0.15, 0.2) is 67.3 Å². The molecule has 12 heteroatoms. The first-order chi connectivity index (χ1) is 21.4. The summed E-state index contributed by atoms with van der Waals surface area (Å²) in [6, 6.07) is 13.6. The molecule has 1 fully saturated rings. The van der Waals surface area contributed by atoms with Gasteiger partial charge in [0.15, 0.2) is 0 Å². The Balaban J connectivity index is 1.35. The van der Waals surface area contributed by atoms with Gasteiger partial charge in [0, 0.05) is 41.6 Å². The number of aromatic nitrogens is 4. The Morgan fingerprint density at radius 2 is 1.82 bits per heavy atom. The molecule has 2 aromatic heterocycles. The monoisotopic (exact) mass is 635 g/mol. The molecule has 0 spiro atoms. The van der Waals surface area contributed by atoms with E-state index in [9.17, 15) is 9.59 Å². The van der Waals surface area contributed by atoms with E-state index < -0.39 is 6.04 Å². The Hall–Kier alpha value is -4.15. The molecule has 4 aromatic rings. The van der Waals surface area contributed by atoms with Crippen molar-refractivity contribution in [3.8, 4) is 5.82 Å². The van der Waals surface area contributed by atoms with Crippen molar-refractivity contribution >= 4 is 46.8 Å². The number of halogens is 2. The highest BCUT2D eigenvalue weighted by Crippen LogP contribution is 2.29. The molecule has 44 heavy (non-hydrogen) atoms. The number of ether oxygens (including phenoxy) is 1. The Bertz CT molecular complexity index is 1560. The Labute approximate surface area is 266 Å². The highest BCUT2D eigenvalue weighted by Gasteiger charge is 2.25. The number of carbonyl (C=O) groups excluding carboxylic acids is 2. The molecule has 2 heterocycles. The van der Waals surface area contributed by atoms with E-state index >= 15 is 0 Å². The van der Waals surface area contributed by atoms with Crippen molar-refractivity contribution in [2.24, 2.45) is 5.92 Å². The molecule has 0 saturated heterocycles. The summed E-state index contributed by atoms with van der Waals surface area (Å²) in [4.78, 5) is 39.0. The van der Waals surface area contributed by atoms with Gasteiger partial charge in [-0.3, -0.25) is 9.36 Å². The van der Waals surface area contributed by atoms with Gasteiger partial charge < -0.3 is 20.7 Å². The highest BCUT2D eigenvalue weighted by atomic mass is 35.5. The van der Waals surface area contributed by atoms with Crippen LogP contribution in [0.3, 0.4) is 0 Å². The lowest BCUT2D eigenvalue weighted by molar-refractivity contribution is -0.122. The lowest BCUT2D eigenvalue weighted by Crippen LogP contribution is -2.41. The summed E-state index contributed by atoms with van der Waals surface area (Å²) in [6.07, 6.45) is 11.6. The maximum atomic E-state index is 13.6. The van der Waals surface area contributed by atoms with Crippen molar-refractivity contribution in [1.82, 2.24) is 24.8 Å². The summed E-state index contributed by atoms with van der Waals surface area (Å²) in [5.41, 5.74) is 2.19. The molecule has 3 N–H and O–H groups in total. The molecule has 1 saturated carbocycles. The first-order valence-electron chi connectivity index (χ1n) is 14.6. The second kappa shape index (κ2) is 15.0. The predicted octanol–water partition coefficient (Wildman–Crippen LogP) is 6.44. The quantitative estimate of drug-likeness (QED) is 0.152. The zero-order valence-corrected chi connectivity index (χ0v) is 25.9. The molecular weight excluding hydrogens is 601 g/mol. The van der Waals surface area contributed by atoms with Crippen molar-refractivity contribution in [3.63, 3.8) is 0 Å². The number of methoxy groups -OCH3 is 1. The van der Waals surface area contributed by atoms with Gasteiger partial charge in [0.05, 0.1) is 12.7 Å². The summed E-state index contributed by atoms with van der Waals surface area (Å²) in [6.45, 7) is 0.700. The fourth-order valence-electron chi connectivity index (χ4n) is 5.31. The molecule has 1 aliphatic rings. The summed E-state index contributed by atoms with van der Waals surface area (Å²) < 4.78 is 6.56. The van der Waals surface area contributed by atoms with Gasteiger partial charge >= 0.3 is 5.97 Å².